The third kappa shape index (κ3) is 2.79. The maximum atomic E-state index is 11.2. The zero-order chi connectivity index (χ0) is 13.1. The number of hydrogen-bond donors (Lipinski definition) is 2. The second-order valence-electron chi connectivity index (χ2n) is 4.66. The minimum absolute atomic E-state index is 0.333. The molecule has 0 aliphatic rings. The first-order chi connectivity index (χ1) is 8.58. The number of anilines is 1. The Bertz CT molecular complexity index is 551. The van der Waals surface area contributed by atoms with Crippen molar-refractivity contribution in [2.75, 3.05) is 5.32 Å². The Hall–Kier alpha value is -1.62. The van der Waals surface area contributed by atoms with E-state index in [4.69, 9.17) is 0 Å². The summed E-state index contributed by atoms with van der Waals surface area (Å²) in [6.45, 7) is 4.04. The Morgan fingerprint density at radius 1 is 1.50 bits per heavy atom. The highest BCUT2D eigenvalue weighted by atomic mass is 32.1. The highest BCUT2D eigenvalue weighted by molar-refractivity contribution is 7.17. The van der Waals surface area contributed by atoms with Crippen molar-refractivity contribution >= 4 is 33.2 Å². The molecule has 2 aromatic rings. The number of carbonyl (C=O) groups is 1. The fourth-order valence-electron chi connectivity index (χ4n) is 1.87. The van der Waals surface area contributed by atoms with Crippen molar-refractivity contribution in [2.24, 2.45) is 5.92 Å². The number of pyridine rings is 1. The molecule has 0 spiro atoms. The Balaban J connectivity index is 2.25. The molecule has 5 heteroatoms. The summed E-state index contributed by atoms with van der Waals surface area (Å²) < 4.78 is 1.01. The lowest BCUT2D eigenvalue weighted by Gasteiger charge is -2.17. The molecule has 0 fully saturated rings. The SMILES string of the molecule is CC(C)C[C@H](Nc1ccnc2ccsc12)C(=O)O. The van der Waals surface area contributed by atoms with E-state index in [1.165, 1.54) is 0 Å². The minimum Gasteiger partial charge on any atom is -0.480 e. The molecule has 0 bridgehead atoms. The highest BCUT2D eigenvalue weighted by Gasteiger charge is 2.19. The van der Waals surface area contributed by atoms with E-state index in [0.717, 1.165) is 15.9 Å². The van der Waals surface area contributed by atoms with Crippen LogP contribution < -0.4 is 5.32 Å². The Morgan fingerprint density at radius 3 is 2.94 bits per heavy atom. The number of fused-ring (bicyclic) bond motifs is 1. The van der Waals surface area contributed by atoms with Gasteiger partial charge in [0.15, 0.2) is 0 Å². The standard InChI is InChI=1S/C13H16N2O2S/c1-8(2)7-11(13(16)17)15-10-3-5-14-9-4-6-18-12(9)10/h3-6,8,11H,7H2,1-2H3,(H,14,15)(H,16,17)/t11-/m0/s1. The van der Waals surface area contributed by atoms with Gasteiger partial charge >= 0.3 is 5.97 Å². The lowest BCUT2D eigenvalue weighted by molar-refractivity contribution is -0.138. The summed E-state index contributed by atoms with van der Waals surface area (Å²) in [6.07, 6.45) is 2.30. The van der Waals surface area contributed by atoms with E-state index in [1.54, 1.807) is 17.5 Å². The Morgan fingerprint density at radius 2 is 2.28 bits per heavy atom. The van der Waals surface area contributed by atoms with Gasteiger partial charge in [-0.3, -0.25) is 4.98 Å². The summed E-state index contributed by atoms with van der Waals surface area (Å²) in [6, 6.07) is 3.20. The van der Waals surface area contributed by atoms with Gasteiger partial charge in [-0.25, -0.2) is 4.79 Å². The first kappa shape index (κ1) is 12.8. The Labute approximate surface area is 110 Å². The van der Waals surface area contributed by atoms with Crippen LogP contribution in [0.1, 0.15) is 20.3 Å². The lowest BCUT2D eigenvalue weighted by Crippen LogP contribution is -2.30. The third-order valence-electron chi connectivity index (χ3n) is 2.68. The van der Waals surface area contributed by atoms with Crippen LogP contribution in [0.4, 0.5) is 5.69 Å². The predicted molar refractivity (Wildman–Crippen MR) is 74.1 cm³/mol. The van der Waals surface area contributed by atoms with Crippen LogP contribution in [-0.2, 0) is 4.79 Å². The number of hydrogen-bond acceptors (Lipinski definition) is 4. The molecular weight excluding hydrogens is 248 g/mol. The van der Waals surface area contributed by atoms with Gasteiger partial charge in [0.05, 0.1) is 15.9 Å². The van der Waals surface area contributed by atoms with Crippen molar-refractivity contribution in [2.45, 2.75) is 26.3 Å². The number of carboxylic acid groups (broad SMARTS) is 1. The number of nitrogens with one attached hydrogen (secondary N) is 1. The van der Waals surface area contributed by atoms with Gasteiger partial charge in [0.1, 0.15) is 6.04 Å². The van der Waals surface area contributed by atoms with E-state index in [1.807, 2.05) is 31.4 Å². The fourth-order valence-corrected chi connectivity index (χ4v) is 2.70. The number of nitrogens with zero attached hydrogens (tertiary/aromatic N) is 1. The van der Waals surface area contributed by atoms with Crippen LogP contribution in [0.5, 0.6) is 0 Å². The largest absolute Gasteiger partial charge is 0.480 e. The van der Waals surface area contributed by atoms with E-state index in [0.29, 0.717) is 12.3 Å². The molecule has 0 aliphatic carbocycles. The van der Waals surface area contributed by atoms with Gasteiger partial charge in [0.2, 0.25) is 0 Å². The number of aliphatic carboxylic acids is 1. The van der Waals surface area contributed by atoms with Crippen LogP contribution in [0, 0.1) is 5.92 Å². The van der Waals surface area contributed by atoms with Crippen LogP contribution in [0.25, 0.3) is 10.2 Å². The molecule has 2 N–H and O–H groups in total. The number of aromatic nitrogens is 1. The van der Waals surface area contributed by atoms with E-state index in [9.17, 15) is 9.90 Å². The van der Waals surface area contributed by atoms with Crippen LogP contribution in [0.15, 0.2) is 23.7 Å². The number of rotatable bonds is 5. The highest BCUT2D eigenvalue weighted by Crippen LogP contribution is 2.27. The summed E-state index contributed by atoms with van der Waals surface area (Å²) in [7, 11) is 0. The summed E-state index contributed by atoms with van der Waals surface area (Å²) >= 11 is 1.57. The first-order valence-corrected chi connectivity index (χ1v) is 6.77. The molecule has 2 aromatic heterocycles. The summed E-state index contributed by atoms with van der Waals surface area (Å²) in [4.78, 5) is 15.5. The first-order valence-electron chi connectivity index (χ1n) is 5.89. The van der Waals surface area contributed by atoms with Crippen molar-refractivity contribution in [1.82, 2.24) is 4.98 Å². The molecule has 96 valence electrons. The van der Waals surface area contributed by atoms with Gasteiger partial charge in [0.25, 0.3) is 0 Å². The topological polar surface area (TPSA) is 62.2 Å². The minimum atomic E-state index is -0.815. The second kappa shape index (κ2) is 5.35. The molecule has 0 aliphatic heterocycles. The van der Waals surface area contributed by atoms with Gasteiger partial charge in [-0.2, -0.15) is 0 Å². The molecule has 0 aromatic carbocycles. The summed E-state index contributed by atoms with van der Waals surface area (Å²) in [5.41, 5.74) is 1.75. The van der Waals surface area contributed by atoms with Crippen molar-refractivity contribution in [3.05, 3.63) is 23.7 Å². The maximum Gasteiger partial charge on any atom is 0.326 e. The second-order valence-corrected chi connectivity index (χ2v) is 5.57. The van der Waals surface area contributed by atoms with Gasteiger partial charge in [-0.05, 0) is 29.9 Å². The molecule has 0 radical (unpaired) electrons. The molecule has 0 amide bonds. The van der Waals surface area contributed by atoms with E-state index >= 15 is 0 Å². The smallest absolute Gasteiger partial charge is 0.326 e. The van der Waals surface area contributed by atoms with E-state index in [-0.39, 0.29) is 0 Å². The predicted octanol–water partition coefficient (Wildman–Crippen LogP) is 3.21. The molecule has 2 rings (SSSR count). The third-order valence-corrected chi connectivity index (χ3v) is 3.62. The van der Waals surface area contributed by atoms with Crippen LogP contribution in [-0.4, -0.2) is 22.1 Å². The van der Waals surface area contributed by atoms with Crippen molar-refractivity contribution in [3.63, 3.8) is 0 Å². The van der Waals surface area contributed by atoms with Gasteiger partial charge < -0.3 is 10.4 Å². The van der Waals surface area contributed by atoms with Crippen molar-refractivity contribution in [1.29, 1.82) is 0 Å². The lowest BCUT2D eigenvalue weighted by atomic mass is 10.0. The number of thiophene rings is 1. The molecule has 4 nitrogen and oxygen atoms in total. The zero-order valence-electron chi connectivity index (χ0n) is 10.4. The molecule has 0 saturated heterocycles. The van der Waals surface area contributed by atoms with E-state index in [2.05, 4.69) is 10.3 Å². The number of carboxylic acids is 1. The quantitative estimate of drug-likeness (QED) is 0.870. The Kier molecular flexibility index (Phi) is 3.81. The van der Waals surface area contributed by atoms with Crippen LogP contribution in [0.3, 0.4) is 0 Å². The average molecular weight is 264 g/mol. The normalized spacial score (nSPS) is 12.8. The molecule has 0 saturated carbocycles. The van der Waals surface area contributed by atoms with Crippen LogP contribution >= 0.6 is 11.3 Å². The van der Waals surface area contributed by atoms with Gasteiger partial charge in [-0.1, -0.05) is 13.8 Å². The van der Waals surface area contributed by atoms with Crippen molar-refractivity contribution in [3.8, 4) is 0 Å². The molecular formula is C13H16N2O2S. The molecule has 0 unspecified atom stereocenters. The molecule has 1 atom stereocenters. The van der Waals surface area contributed by atoms with E-state index < -0.39 is 12.0 Å². The summed E-state index contributed by atoms with van der Waals surface area (Å²) in [5.74, 6) is -0.482. The van der Waals surface area contributed by atoms with Gasteiger partial charge in [0, 0.05) is 6.20 Å². The average Bonchev–Trinajstić information content (AvgIpc) is 2.76. The van der Waals surface area contributed by atoms with Crippen molar-refractivity contribution < 1.29 is 9.90 Å². The van der Waals surface area contributed by atoms with Gasteiger partial charge in [-0.15, -0.1) is 11.3 Å². The maximum absolute atomic E-state index is 11.2. The molecule has 2 heterocycles. The monoisotopic (exact) mass is 264 g/mol. The zero-order valence-corrected chi connectivity index (χ0v) is 11.2. The van der Waals surface area contributed by atoms with Crippen LogP contribution in [0.2, 0.25) is 0 Å². The molecule has 18 heavy (non-hydrogen) atoms. The fraction of sp³-hybridized carbons (Fsp3) is 0.385. The summed E-state index contributed by atoms with van der Waals surface area (Å²) in [5, 5.41) is 14.3.